The van der Waals surface area contributed by atoms with E-state index >= 15 is 0 Å². The maximum absolute atomic E-state index is 11.5. The number of nitrogens with zero attached hydrogens (tertiary/aromatic N) is 2. The van der Waals surface area contributed by atoms with Gasteiger partial charge in [0.05, 0.1) is 12.8 Å². The van der Waals surface area contributed by atoms with E-state index in [1.165, 1.54) is 96.3 Å². The van der Waals surface area contributed by atoms with Crippen molar-refractivity contribution in [2.75, 3.05) is 13.1 Å². The molecule has 0 bridgehead atoms. The summed E-state index contributed by atoms with van der Waals surface area (Å²) in [6.45, 7) is 11.7. The van der Waals surface area contributed by atoms with Crippen LogP contribution in [0.3, 0.4) is 0 Å². The smallest absolute Gasteiger partial charge is 0.221 e. The molecular weight excluding hydrogens is 382 g/mol. The molecule has 3 atom stereocenters. The summed E-state index contributed by atoms with van der Waals surface area (Å²) in [6.07, 6.45) is 26.2. The third kappa shape index (κ3) is 11.3. The number of hydrogen-bond acceptors (Lipinski definition) is 2. The van der Waals surface area contributed by atoms with E-state index in [0.29, 0.717) is 6.17 Å². The Morgan fingerprint density at radius 2 is 1.48 bits per heavy atom. The minimum Gasteiger partial charge on any atom is -0.307 e. The van der Waals surface area contributed by atoms with E-state index in [-0.39, 0.29) is 12.1 Å². The number of nitrogens with one attached hydrogen (secondary N) is 1. The van der Waals surface area contributed by atoms with Crippen molar-refractivity contribution >= 4 is 12.1 Å². The number of allylic oxidation sites excluding steroid dienone is 1. The van der Waals surface area contributed by atoms with Gasteiger partial charge in [0.25, 0.3) is 0 Å². The van der Waals surface area contributed by atoms with E-state index in [1.807, 2.05) is 6.08 Å². The molecule has 1 N–H and O–H groups in total. The Hall–Kier alpha value is -1.16. The summed E-state index contributed by atoms with van der Waals surface area (Å²) in [5.74, 6) is 0.0587. The number of carbonyl (C=O) groups is 1. The average molecular weight is 435 g/mol. The highest BCUT2D eigenvalue weighted by molar-refractivity contribution is 5.73. The molecule has 0 aromatic rings. The second-order valence-corrected chi connectivity index (χ2v) is 9.61. The van der Waals surface area contributed by atoms with Gasteiger partial charge in [-0.3, -0.25) is 9.28 Å². The van der Waals surface area contributed by atoms with Crippen molar-refractivity contribution in [3.63, 3.8) is 0 Å². The van der Waals surface area contributed by atoms with Crippen LogP contribution in [0.25, 0.3) is 0 Å². The molecule has 0 spiro atoms. The molecule has 0 aromatic carbocycles. The molecule has 1 rings (SSSR count). The van der Waals surface area contributed by atoms with Gasteiger partial charge < -0.3 is 5.32 Å². The van der Waals surface area contributed by atoms with Gasteiger partial charge in [-0.1, -0.05) is 83.1 Å². The lowest BCUT2D eigenvalue weighted by Gasteiger charge is -2.42. The molecule has 1 aliphatic heterocycles. The third-order valence-corrected chi connectivity index (χ3v) is 7.19. The van der Waals surface area contributed by atoms with E-state index in [2.05, 4.69) is 32.0 Å². The van der Waals surface area contributed by atoms with Crippen molar-refractivity contribution in [3.8, 4) is 0 Å². The SMILES string of the molecule is C=CCCCCCCCCCCCCCCCCC1N=CC[N+]1(CC)C(C)NC(C)=O. The first-order valence-corrected chi connectivity index (χ1v) is 13.3. The number of quaternary nitrogens is 1. The van der Waals surface area contributed by atoms with E-state index < -0.39 is 0 Å². The molecule has 1 heterocycles. The molecular formula is C27H52N3O+. The van der Waals surface area contributed by atoms with Crippen LogP contribution in [0.15, 0.2) is 17.6 Å². The Kier molecular flexibility index (Phi) is 15.6. The zero-order valence-electron chi connectivity index (χ0n) is 21.0. The second kappa shape index (κ2) is 17.4. The van der Waals surface area contributed by atoms with Crippen LogP contribution in [0.4, 0.5) is 0 Å². The standard InChI is InChI=1S/C27H51N3O/c1-5-7-8-9-10-11-12-13-14-15-16-17-18-19-20-21-22-27-28-23-24-30(27,6-2)25(3)29-26(4)31/h5,23,25,27H,1,6-22,24H2,2-4H3/p+1. The fraction of sp³-hybridized carbons (Fsp3) is 0.852. The lowest BCUT2D eigenvalue weighted by molar-refractivity contribution is -0.959. The van der Waals surface area contributed by atoms with Crippen LogP contribution < -0.4 is 5.32 Å². The highest BCUT2D eigenvalue weighted by Crippen LogP contribution is 2.27. The van der Waals surface area contributed by atoms with E-state index in [9.17, 15) is 4.79 Å². The van der Waals surface area contributed by atoms with Gasteiger partial charge in [0.15, 0.2) is 12.3 Å². The first-order chi connectivity index (χ1) is 15.1. The average Bonchev–Trinajstić information content (AvgIpc) is 3.17. The first kappa shape index (κ1) is 27.9. The molecule has 180 valence electrons. The topological polar surface area (TPSA) is 41.5 Å². The van der Waals surface area contributed by atoms with Gasteiger partial charge in [-0.05, 0) is 26.2 Å². The van der Waals surface area contributed by atoms with Crippen LogP contribution in [0, 0.1) is 0 Å². The van der Waals surface area contributed by atoms with E-state index in [0.717, 1.165) is 24.0 Å². The minimum absolute atomic E-state index is 0.0587. The maximum Gasteiger partial charge on any atom is 0.221 e. The monoisotopic (exact) mass is 434 g/mol. The van der Waals surface area contributed by atoms with Crippen LogP contribution in [0.2, 0.25) is 0 Å². The number of rotatable bonds is 20. The molecule has 4 nitrogen and oxygen atoms in total. The number of amides is 1. The predicted octanol–water partition coefficient (Wildman–Crippen LogP) is 7.14. The molecule has 4 heteroatoms. The number of hydrogen-bond donors (Lipinski definition) is 1. The summed E-state index contributed by atoms with van der Waals surface area (Å²) in [4.78, 5) is 16.3. The first-order valence-electron chi connectivity index (χ1n) is 13.3. The van der Waals surface area contributed by atoms with Gasteiger partial charge in [-0.25, -0.2) is 4.99 Å². The van der Waals surface area contributed by atoms with Crippen LogP contribution in [-0.2, 0) is 4.79 Å². The molecule has 0 fully saturated rings. The molecule has 0 saturated heterocycles. The molecule has 1 amide bonds. The van der Waals surface area contributed by atoms with E-state index in [4.69, 9.17) is 4.99 Å². The summed E-state index contributed by atoms with van der Waals surface area (Å²) in [5, 5.41) is 3.11. The van der Waals surface area contributed by atoms with Crippen LogP contribution in [-0.4, -0.2) is 42.0 Å². The Morgan fingerprint density at radius 3 is 1.94 bits per heavy atom. The number of unbranched alkanes of at least 4 members (excludes halogenated alkanes) is 14. The third-order valence-electron chi connectivity index (χ3n) is 7.19. The largest absolute Gasteiger partial charge is 0.307 e. The summed E-state index contributed by atoms with van der Waals surface area (Å²) < 4.78 is 0.883. The summed E-state index contributed by atoms with van der Waals surface area (Å²) in [7, 11) is 0. The van der Waals surface area contributed by atoms with Crippen molar-refractivity contribution < 1.29 is 9.28 Å². The quantitative estimate of drug-likeness (QED) is 0.123. The molecule has 0 radical (unpaired) electrons. The fourth-order valence-corrected chi connectivity index (χ4v) is 5.10. The minimum atomic E-state index is 0.0587. The van der Waals surface area contributed by atoms with Crippen LogP contribution in [0.1, 0.15) is 124 Å². The lowest BCUT2D eigenvalue weighted by Crippen LogP contribution is -2.63. The highest BCUT2D eigenvalue weighted by Gasteiger charge is 2.42. The Bertz CT molecular complexity index is 505. The van der Waals surface area contributed by atoms with Crippen LogP contribution in [0.5, 0.6) is 0 Å². The zero-order valence-corrected chi connectivity index (χ0v) is 21.0. The zero-order chi connectivity index (χ0) is 22.8. The molecule has 1 aliphatic rings. The van der Waals surface area contributed by atoms with Gasteiger partial charge in [-0.15, -0.1) is 6.58 Å². The fourth-order valence-electron chi connectivity index (χ4n) is 5.10. The number of carbonyl (C=O) groups excluding carboxylic acids is 1. The van der Waals surface area contributed by atoms with Crippen molar-refractivity contribution in [1.29, 1.82) is 0 Å². The molecule has 3 unspecified atom stereocenters. The Morgan fingerprint density at radius 1 is 1.00 bits per heavy atom. The molecule has 0 saturated carbocycles. The van der Waals surface area contributed by atoms with Gasteiger partial charge in [0.2, 0.25) is 5.91 Å². The number of aliphatic imine (C=N–C) groups is 1. The van der Waals surface area contributed by atoms with Crippen molar-refractivity contribution in [1.82, 2.24) is 5.32 Å². The molecule has 0 aliphatic carbocycles. The summed E-state index contributed by atoms with van der Waals surface area (Å²) in [5.41, 5.74) is 0. The van der Waals surface area contributed by atoms with Crippen molar-refractivity contribution in [2.45, 2.75) is 136 Å². The normalized spacial score (nSPS) is 21.3. The Labute approximate surface area is 193 Å². The summed E-state index contributed by atoms with van der Waals surface area (Å²) in [6, 6.07) is 0. The summed E-state index contributed by atoms with van der Waals surface area (Å²) >= 11 is 0. The van der Waals surface area contributed by atoms with Crippen molar-refractivity contribution in [2.24, 2.45) is 4.99 Å². The molecule has 0 aromatic heterocycles. The lowest BCUT2D eigenvalue weighted by atomic mass is 10.0. The van der Waals surface area contributed by atoms with Crippen LogP contribution >= 0.6 is 0 Å². The second-order valence-electron chi connectivity index (χ2n) is 9.61. The molecule has 31 heavy (non-hydrogen) atoms. The van der Waals surface area contributed by atoms with Gasteiger partial charge in [-0.2, -0.15) is 0 Å². The van der Waals surface area contributed by atoms with Gasteiger partial charge >= 0.3 is 0 Å². The predicted molar refractivity (Wildman–Crippen MR) is 135 cm³/mol. The Balaban J connectivity index is 1.99. The maximum atomic E-state index is 11.5. The van der Waals surface area contributed by atoms with Gasteiger partial charge in [0, 0.05) is 20.3 Å². The highest BCUT2D eigenvalue weighted by atomic mass is 16.1. The van der Waals surface area contributed by atoms with E-state index in [1.54, 1.807) is 6.92 Å². The van der Waals surface area contributed by atoms with Crippen molar-refractivity contribution in [3.05, 3.63) is 12.7 Å². The van der Waals surface area contributed by atoms with Gasteiger partial charge in [0.1, 0.15) is 6.54 Å².